The molecule has 0 aliphatic carbocycles. The summed E-state index contributed by atoms with van der Waals surface area (Å²) in [5.41, 5.74) is 7.04. The first kappa shape index (κ1) is 14.2. The minimum Gasteiger partial charge on any atom is -0.481 e. The number of hydrogen-bond acceptors (Lipinski definition) is 3. The molecular formula is C13H18N2O3. The average Bonchev–Trinajstić information content (AvgIpc) is 2.37. The lowest BCUT2D eigenvalue weighted by Gasteiger charge is -2.16. The summed E-state index contributed by atoms with van der Waals surface area (Å²) in [6.07, 6.45) is 0.530. The van der Waals surface area contributed by atoms with Crippen molar-refractivity contribution < 1.29 is 14.7 Å². The van der Waals surface area contributed by atoms with Crippen molar-refractivity contribution >= 4 is 11.9 Å². The lowest BCUT2D eigenvalue weighted by Crippen LogP contribution is -2.28. The van der Waals surface area contributed by atoms with Crippen LogP contribution in [0.4, 0.5) is 0 Å². The molecule has 0 heterocycles. The van der Waals surface area contributed by atoms with Gasteiger partial charge in [-0.1, -0.05) is 12.1 Å². The van der Waals surface area contributed by atoms with Crippen LogP contribution in [0.5, 0.6) is 0 Å². The Balaban J connectivity index is 2.54. The summed E-state index contributed by atoms with van der Waals surface area (Å²) < 4.78 is 0. The Morgan fingerprint density at radius 2 is 1.89 bits per heavy atom. The molecule has 0 bridgehead atoms. The van der Waals surface area contributed by atoms with Gasteiger partial charge in [0, 0.05) is 32.1 Å². The molecule has 1 rings (SSSR count). The first-order chi connectivity index (χ1) is 8.54. The number of benzene rings is 1. The third-order valence-electron chi connectivity index (χ3n) is 2.67. The number of carboxylic acid groups (broad SMARTS) is 1. The van der Waals surface area contributed by atoms with Gasteiger partial charge in [-0.15, -0.1) is 0 Å². The van der Waals surface area contributed by atoms with E-state index in [4.69, 9.17) is 10.8 Å². The molecule has 18 heavy (non-hydrogen) atoms. The fraction of sp³-hybridized carbons (Fsp3) is 0.385. The van der Waals surface area contributed by atoms with Gasteiger partial charge < -0.3 is 15.7 Å². The van der Waals surface area contributed by atoms with Gasteiger partial charge in [0.15, 0.2) is 0 Å². The molecule has 0 saturated heterocycles. The summed E-state index contributed by atoms with van der Waals surface area (Å²) in [4.78, 5) is 23.9. The highest BCUT2D eigenvalue weighted by molar-refractivity contribution is 5.94. The molecule has 5 nitrogen and oxygen atoms in total. The van der Waals surface area contributed by atoms with Gasteiger partial charge in [-0.3, -0.25) is 9.59 Å². The van der Waals surface area contributed by atoms with Gasteiger partial charge in [0.2, 0.25) is 0 Å². The Hall–Kier alpha value is -1.88. The Labute approximate surface area is 106 Å². The maximum Gasteiger partial charge on any atom is 0.303 e. The van der Waals surface area contributed by atoms with Crippen LogP contribution >= 0.6 is 0 Å². The highest BCUT2D eigenvalue weighted by Crippen LogP contribution is 2.07. The van der Waals surface area contributed by atoms with Crippen molar-refractivity contribution in [2.45, 2.75) is 19.4 Å². The van der Waals surface area contributed by atoms with Crippen LogP contribution in [0, 0.1) is 0 Å². The fourth-order valence-corrected chi connectivity index (χ4v) is 1.57. The molecular weight excluding hydrogens is 232 g/mol. The molecule has 0 aliphatic heterocycles. The number of amides is 1. The number of carbonyl (C=O) groups excluding carboxylic acids is 1. The highest BCUT2D eigenvalue weighted by atomic mass is 16.4. The molecule has 0 spiro atoms. The van der Waals surface area contributed by atoms with Crippen molar-refractivity contribution in [3.8, 4) is 0 Å². The van der Waals surface area contributed by atoms with E-state index in [2.05, 4.69) is 0 Å². The van der Waals surface area contributed by atoms with E-state index in [0.29, 0.717) is 25.1 Å². The van der Waals surface area contributed by atoms with Crippen LogP contribution in [-0.4, -0.2) is 35.5 Å². The second kappa shape index (κ2) is 6.76. The topological polar surface area (TPSA) is 83.6 Å². The van der Waals surface area contributed by atoms with Crippen molar-refractivity contribution in [2.75, 3.05) is 13.6 Å². The fourth-order valence-electron chi connectivity index (χ4n) is 1.57. The molecule has 0 fully saturated rings. The van der Waals surface area contributed by atoms with Crippen molar-refractivity contribution in [2.24, 2.45) is 5.73 Å². The molecule has 0 atom stereocenters. The summed E-state index contributed by atoms with van der Waals surface area (Å²) in [6, 6.07) is 7.10. The van der Waals surface area contributed by atoms with E-state index in [1.54, 1.807) is 19.2 Å². The van der Waals surface area contributed by atoms with E-state index in [1.807, 2.05) is 12.1 Å². The summed E-state index contributed by atoms with van der Waals surface area (Å²) in [6.45, 7) is 0.882. The van der Waals surface area contributed by atoms with Crippen LogP contribution in [-0.2, 0) is 11.3 Å². The van der Waals surface area contributed by atoms with Crippen LogP contribution in [0.3, 0.4) is 0 Å². The number of hydrogen-bond donors (Lipinski definition) is 2. The number of rotatable bonds is 6. The second-order valence-corrected chi connectivity index (χ2v) is 4.13. The van der Waals surface area contributed by atoms with Gasteiger partial charge in [0.05, 0.1) is 0 Å². The van der Waals surface area contributed by atoms with Gasteiger partial charge in [0.25, 0.3) is 5.91 Å². The van der Waals surface area contributed by atoms with E-state index >= 15 is 0 Å². The van der Waals surface area contributed by atoms with E-state index in [9.17, 15) is 9.59 Å². The van der Waals surface area contributed by atoms with Gasteiger partial charge in [-0.2, -0.15) is 0 Å². The number of nitrogens with two attached hydrogens (primary N) is 1. The van der Waals surface area contributed by atoms with E-state index < -0.39 is 5.97 Å². The Morgan fingerprint density at radius 3 is 2.39 bits per heavy atom. The van der Waals surface area contributed by atoms with Crippen LogP contribution < -0.4 is 5.73 Å². The molecule has 1 amide bonds. The zero-order chi connectivity index (χ0) is 13.5. The Bertz CT molecular complexity index is 415. The first-order valence-corrected chi connectivity index (χ1v) is 5.81. The normalized spacial score (nSPS) is 10.1. The predicted molar refractivity (Wildman–Crippen MR) is 68.2 cm³/mol. The van der Waals surface area contributed by atoms with Crippen LogP contribution in [0.1, 0.15) is 28.8 Å². The summed E-state index contributed by atoms with van der Waals surface area (Å²) in [5, 5.41) is 8.52. The molecule has 3 N–H and O–H groups in total. The maximum atomic E-state index is 12.0. The van der Waals surface area contributed by atoms with E-state index in [1.165, 1.54) is 4.90 Å². The van der Waals surface area contributed by atoms with Crippen LogP contribution in [0.25, 0.3) is 0 Å². The van der Waals surface area contributed by atoms with E-state index in [0.717, 1.165) is 5.56 Å². The molecule has 0 saturated carbocycles. The molecule has 1 aromatic rings. The first-order valence-electron chi connectivity index (χ1n) is 5.81. The molecule has 1 aromatic carbocycles. The number of carboxylic acids is 1. The zero-order valence-corrected chi connectivity index (χ0v) is 10.4. The van der Waals surface area contributed by atoms with Gasteiger partial charge in [-0.05, 0) is 24.1 Å². The molecule has 0 radical (unpaired) electrons. The SMILES string of the molecule is CN(CCCC(=O)O)C(=O)c1ccc(CN)cc1. The van der Waals surface area contributed by atoms with E-state index in [-0.39, 0.29) is 12.3 Å². The van der Waals surface area contributed by atoms with Crippen molar-refractivity contribution in [3.05, 3.63) is 35.4 Å². The Kier molecular flexibility index (Phi) is 5.32. The number of nitrogens with zero attached hydrogens (tertiary/aromatic N) is 1. The predicted octanol–water partition coefficient (Wildman–Crippen LogP) is 1.08. The number of carbonyl (C=O) groups is 2. The quantitative estimate of drug-likeness (QED) is 0.791. The minimum atomic E-state index is -0.844. The lowest BCUT2D eigenvalue weighted by molar-refractivity contribution is -0.137. The summed E-state index contributed by atoms with van der Waals surface area (Å²) in [7, 11) is 1.67. The maximum absolute atomic E-state index is 12.0. The molecule has 98 valence electrons. The highest BCUT2D eigenvalue weighted by Gasteiger charge is 2.11. The largest absolute Gasteiger partial charge is 0.481 e. The van der Waals surface area contributed by atoms with Gasteiger partial charge >= 0.3 is 5.97 Å². The lowest BCUT2D eigenvalue weighted by atomic mass is 10.1. The molecule has 0 aliphatic rings. The minimum absolute atomic E-state index is 0.0731. The molecule has 5 heteroatoms. The molecule has 0 aromatic heterocycles. The summed E-state index contributed by atoms with van der Waals surface area (Å²) >= 11 is 0. The van der Waals surface area contributed by atoms with Crippen LogP contribution in [0.15, 0.2) is 24.3 Å². The zero-order valence-electron chi connectivity index (χ0n) is 10.4. The number of aliphatic carboxylic acids is 1. The van der Waals surface area contributed by atoms with Crippen LogP contribution in [0.2, 0.25) is 0 Å². The monoisotopic (exact) mass is 250 g/mol. The molecule has 0 unspecified atom stereocenters. The van der Waals surface area contributed by atoms with Gasteiger partial charge in [-0.25, -0.2) is 0 Å². The Morgan fingerprint density at radius 1 is 1.28 bits per heavy atom. The smallest absolute Gasteiger partial charge is 0.303 e. The van der Waals surface area contributed by atoms with Crippen molar-refractivity contribution in [3.63, 3.8) is 0 Å². The van der Waals surface area contributed by atoms with Crippen molar-refractivity contribution in [1.29, 1.82) is 0 Å². The van der Waals surface area contributed by atoms with Crippen molar-refractivity contribution in [1.82, 2.24) is 4.90 Å². The third kappa shape index (κ3) is 4.18. The summed E-state index contributed by atoms with van der Waals surface area (Å²) in [5.74, 6) is -0.952. The average molecular weight is 250 g/mol. The van der Waals surface area contributed by atoms with Gasteiger partial charge in [0.1, 0.15) is 0 Å². The standard InChI is InChI=1S/C13H18N2O3/c1-15(8-2-3-12(16)17)13(18)11-6-4-10(9-14)5-7-11/h4-7H,2-3,8-9,14H2,1H3,(H,16,17). The third-order valence-corrected chi connectivity index (χ3v) is 2.67. The second-order valence-electron chi connectivity index (χ2n) is 4.13.